The summed E-state index contributed by atoms with van der Waals surface area (Å²) < 4.78 is 6.35. The third-order valence-corrected chi connectivity index (χ3v) is 4.15. The molecular formula is C8H13IO. The molecule has 0 aromatic rings. The number of fused-ring (bicyclic) bond motifs is 1. The average molecular weight is 252 g/mol. The highest BCUT2D eigenvalue weighted by Gasteiger charge is 2.52. The predicted octanol–water partition coefficient (Wildman–Crippen LogP) is 2.23. The van der Waals surface area contributed by atoms with Crippen LogP contribution in [0.2, 0.25) is 0 Å². The predicted molar refractivity (Wildman–Crippen MR) is 49.4 cm³/mol. The normalized spacial score (nSPS) is 59.7. The molecule has 2 aliphatic rings. The van der Waals surface area contributed by atoms with E-state index in [0.29, 0.717) is 12.2 Å². The van der Waals surface area contributed by atoms with Crippen LogP contribution in [0.3, 0.4) is 0 Å². The molecule has 2 rings (SSSR count). The van der Waals surface area contributed by atoms with Gasteiger partial charge in [0.1, 0.15) is 0 Å². The second-order valence-electron chi connectivity index (χ2n) is 3.65. The second-order valence-corrected chi connectivity index (χ2v) is 5.25. The average Bonchev–Trinajstić information content (AvgIpc) is 2.61. The summed E-state index contributed by atoms with van der Waals surface area (Å²) in [6.45, 7) is 4.66. The van der Waals surface area contributed by atoms with E-state index in [4.69, 9.17) is 4.74 Å². The Labute approximate surface area is 75.7 Å². The maximum atomic E-state index is 5.57. The van der Waals surface area contributed by atoms with E-state index in [-0.39, 0.29) is 0 Å². The number of rotatable bonds is 0. The molecule has 0 bridgehead atoms. The lowest BCUT2D eigenvalue weighted by molar-refractivity contribution is 0.282. The van der Waals surface area contributed by atoms with Gasteiger partial charge in [0, 0.05) is 3.92 Å². The lowest BCUT2D eigenvalue weighted by Gasteiger charge is -2.24. The van der Waals surface area contributed by atoms with Crippen LogP contribution in [0.15, 0.2) is 0 Å². The number of hydrogen-bond donors (Lipinski definition) is 0. The van der Waals surface area contributed by atoms with Gasteiger partial charge < -0.3 is 4.74 Å². The molecular weight excluding hydrogens is 239 g/mol. The topological polar surface area (TPSA) is 12.5 Å². The third-order valence-electron chi connectivity index (χ3n) is 2.93. The minimum atomic E-state index is 0.616. The fourth-order valence-electron chi connectivity index (χ4n) is 1.88. The number of epoxide rings is 1. The van der Waals surface area contributed by atoms with E-state index in [9.17, 15) is 0 Å². The van der Waals surface area contributed by atoms with E-state index < -0.39 is 0 Å². The summed E-state index contributed by atoms with van der Waals surface area (Å²) in [6.07, 6.45) is 2.58. The number of alkyl halides is 1. The van der Waals surface area contributed by atoms with Gasteiger partial charge in [-0.1, -0.05) is 36.4 Å². The van der Waals surface area contributed by atoms with Crippen molar-refractivity contribution in [2.45, 2.75) is 36.4 Å². The Kier molecular flexibility index (Phi) is 1.72. The SMILES string of the molecule is CC1C[C@@H](I)C2OC2C1C. The van der Waals surface area contributed by atoms with Crippen LogP contribution in [0.4, 0.5) is 0 Å². The molecule has 0 N–H and O–H groups in total. The standard InChI is InChI=1S/C8H13IO/c1-4-3-6(9)8-7(10-8)5(4)2/h4-8H,3H2,1-2H3/t4?,5?,6-,7?,8?/m1/s1. The van der Waals surface area contributed by atoms with Gasteiger partial charge >= 0.3 is 0 Å². The highest BCUT2D eigenvalue weighted by atomic mass is 127. The van der Waals surface area contributed by atoms with E-state index in [1.54, 1.807) is 0 Å². The van der Waals surface area contributed by atoms with Crippen molar-refractivity contribution >= 4 is 22.6 Å². The number of hydrogen-bond acceptors (Lipinski definition) is 1. The van der Waals surface area contributed by atoms with Crippen molar-refractivity contribution in [3.8, 4) is 0 Å². The van der Waals surface area contributed by atoms with Crippen molar-refractivity contribution in [1.82, 2.24) is 0 Å². The van der Waals surface area contributed by atoms with Gasteiger partial charge in [-0.2, -0.15) is 0 Å². The van der Waals surface area contributed by atoms with Crippen LogP contribution in [0.25, 0.3) is 0 Å². The zero-order valence-electron chi connectivity index (χ0n) is 6.38. The van der Waals surface area contributed by atoms with Gasteiger partial charge in [0.05, 0.1) is 12.2 Å². The fourth-order valence-corrected chi connectivity index (χ4v) is 3.26. The Bertz CT molecular complexity index is 146. The van der Waals surface area contributed by atoms with Crippen LogP contribution in [0, 0.1) is 11.8 Å². The Morgan fingerprint density at radius 1 is 1.30 bits per heavy atom. The monoisotopic (exact) mass is 252 g/mol. The first kappa shape index (κ1) is 7.35. The summed E-state index contributed by atoms with van der Waals surface area (Å²) in [5.74, 6) is 1.67. The maximum absolute atomic E-state index is 5.57. The summed E-state index contributed by atoms with van der Waals surface area (Å²) in [7, 11) is 0. The molecule has 0 radical (unpaired) electrons. The van der Waals surface area contributed by atoms with Gasteiger partial charge in [0.15, 0.2) is 0 Å². The lowest BCUT2D eigenvalue weighted by Crippen LogP contribution is -2.28. The largest absolute Gasteiger partial charge is 0.368 e. The Balaban J connectivity index is 2.05. The number of ether oxygens (including phenoxy) is 1. The van der Waals surface area contributed by atoms with Crippen molar-refractivity contribution in [3.05, 3.63) is 0 Å². The van der Waals surface area contributed by atoms with Crippen LogP contribution in [0.1, 0.15) is 20.3 Å². The molecule has 4 unspecified atom stereocenters. The molecule has 0 aromatic carbocycles. The summed E-state index contributed by atoms with van der Waals surface area (Å²) in [5, 5.41) is 0. The molecule has 1 saturated heterocycles. The summed E-state index contributed by atoms with van der Waals surface area (Å²) >= 11 is 2.52. The van der Waals surface area contributed by atoms with Crippen molar-refractivity contribution in [1.29, 1.82) is 0 Å². The van der Waals surface area contributed by atoms with Crippen LogP contribution in [-0.2, 0) is 4.74 Å². The van der Waals surface area contributed by atoms with Crippen molar-refractivity contribution in [3.63, 3.8) is 0 Å². The van der Waals surface area contributed by atoms with E-state index in [1.165, 1.54) is 6.42 Å². The maximum Gasteiger partial charge on any atom is 0.0962 e. The van der Waals surface area contributed by atoms with Crippen molar-refractivity contribution < 1.29 is 4.74 Å². The van der Waals surface area contributed by atoms with Gasteiger partial charge in [-0.25, -0.2) is 0 Å². The smallest absolute Gasteiger partial charge is 0.0962 e. The van der Waals surface area contributed by atoms with E-state index in [2.05, 4.69) is 36.4 Å². The summed E-state index contributed by atoms with van der Waals surface area (Å²) in [5.41, 5.74) is 0. The first-order valence-corrected chi connectivity index (χ1v) is 5.24. The zero-order chi connectivity index (χ0) is 7.30. The van der Waals surface area contributed by atoms with Gasteiger partial charge in [0.2, 0.25) is 0 Å². The molecule has 2 fully saturated rings. The third kappa shape index (κ3) is 0.998. The molecule has 0 aromatic heterocycles. The van der Waals surface area contributed by atoms with E-state index in [1.807, 2.05) is 0 Å². The van der Waals surface area contributed by atoms with Crippen LogP contribution >= 0.6 is 22.6 Å². The quantitative estimate of drug-likeness (QED) is 0.366. The Morgan fingerprint density at radius 2 is 2.00 bits per heavy atom. The van der Waals surface area contributed by atoms with Gasteiger partial charge in [0.25, 0.3) is 0 Å². The molecule has 1 saturated carbocycles. The molecule has 58 valence electrons. The fraction of sp³-hybridized carbons (Fsp3) is 1.00. The highest BCUT2D eigenvalue weighted by Crippen LogP contribution is 2.46. The number of halogens is 1. The molecule has 1 aliphatic carbocycles. The van der Waals surface area contributed by atoms with Crippen LogP contribution in [0.5, 0.6) is 0 Å². The van der Waals surface area contributed by atoms with Crippen molar-refractivity contribution in [2.24, 2.45) is 11.8 Å². The molecule has 1 heterocycles. The van der Waals surface area contributed by atoms with Gasteiger partial charge in [-0.05, 0) is 18.3 Å². The highest BCUT2D eigenvalue weighted by molar-refractivity contribution is 14.1. The van der Waals surface area contributed by atoms with E-state index >= 15 is 0 Å². The molecule has 0 spiro atoms. The van der Waals surface area contributed by atoms with E-state index in [0.717, 1.165) is 15.8 Å². The summed E-state index contributed by atoms with van der Waals surface area (Å²) in [4.78, 5) is 0. The minimum absolute atomic E-state index is 0.616. The Morgan fingerprint density at radius 3 is 2.70 bits per heavy atom. The first-order valence-electron chi connectivity index (χ1n) is 3.99. The Hall–Kier alpha value is 0.690. The molecule has 0 amide bonds. The van der Waals surface area contributed by atoms with Gasteiger partial charge in [-0.15, -0.1) is 0 Å². The zero-order valence-corrected chi connectivity index (χ0v) is 8.54. The van der Waals surface area contributed by atoms with Crippen LogP contribution in [-0.4, -0.2) is 16.1 Å². The van der Waals surface area contributed by atoms with Crippen LogP contribution < -0.4 is 0 Å². The molecule has 1 aliphatic heterocycles. The minimum Gasteiger partial charge on any atom is -0.368 e. The second kappa shape index (κ2) is 2.34. The summed E-state index contributed by atoms with van der Waals surface area (Å²) in [6, 6.07) is 0. The molecule has 5 atom stereocenters. The molecule has 2 heteroatoms. The van der Waals surface area contributed by atoms with Gasteiger partial charge in [-0.3, -0.25) is 0 Å². The molecule has 10 heavy (non-hydrogen) atoms. The van der Waals surface area contributed by atoms with Crippen molar-refractivity contribution in [2.75, 3.05) is 0 Å². The first-order chi connectivity index (χ1) is 4.70. The lowest BCUT2D eigenvalue weighted by atomic mass is 9.82. The molecule has 1 nitrogen and oxygen atoms in total.